The van der Waals surface area contributed by atoms with Crippen LogP contribution in [0, 0.1) is 32.6 Å². The van der Waals surface area contributed by atoms with Crippen LogP contribution in [0.3, 0.4) is 0 Å². The average Bonchev–Trinajstić information content (AvgIpc) is 2.78. The zero-order chi connectivity index (χ0) is 17.3. The van der Waals surface area contributed by atoms with Gasteiger partial charge in [0.25, 0.3) is 0 Å². The van der Waals surface area contributed by atoms with Gasteiger partial charge in [0.2, 0.25) is 5.91 Å². The summed E-state index contributed by atoms with van der Waals surface area (Å²) < 4.78 is 1.80. The Morgan fingerprint density at radius 1 is 1.28 bits per heavy atom. The van der Waals surface area contributed by atoms with Gasteiger partial charge in [-0.05, 0) is 76.9 Å². The molecule has 0 radical (unpaired) electrons. The topological polar surface area (TPSA) is 79.2 Å². The van der Waals surface area contributed by atoms with E-state index in [0.717, 1.165) is 55.7 Å². The Kier molecular flexibility index (Phi) is 6.88. The van der Waals surface area contributed by atoms with Gasteiger partial charge in [-0.2, -0.15) is 5.10 Å². The van der Waals surface area contributed by atoms with Gasteiger partial charge in [0.05, 0.1) is 11.8 Å². The van der Waals surface area contributed by atoms with E-state index >= 15 is 0 Å². The second kappa shape index (κ2) is 8.52. The summed E-state index contributed by atoms with van der Waals surface area (Å²) >= 11 is 0. The quantitative estimate of drug-likeness (QED) is 0.733. The number of hydrogen-bond acceptors (Lipinski definition) is 4. The van der Waals surface area contributed by atoms with Crippen molar-refractivity contribution in [3.8, 4) is 0 Å². The molecule has 2 aliphatic rings. The molecule has 1 aromatic rings. The molecule has 1 aliphatic carbocycles. The second-order valence-electron chi connectivity index (χ2n) is 7.52. The number of amides is 1. The number of aromatic nitrogens is 2. The lowest BCUT2D eigenvalue weighted by molar-refractivity contribution is -0.124. The summed E-state index contributed by atoms with van der Waals surface area (Å²) in [4.78, 5) is 12.6. The number of aliphatic hydroxyl groups excluding tert-OH is 1. The van der Waals surface area contributed by atoms with Crippen molar-refractivity contribution in [1.82, 2.24) is 20.4 Å². The summed E-state index contributed by atoms with van der Waals surface area (Å²) in [6, 6.07) is 0.182. The lowest BCUT2D eigenvalue weighted by Crippen LogP contribution is -2.53. The molecule has 2 fully saturated rings. The Morgan fingerprint density at radius 3 is 2.44 bits per heavy atom. The number of piperidine rings is 1. The third kappa shape index (κ3) is 4.54. The van der Waals surface area contributed by atoms with Crippen molar-refractivity contribution in [3.63, 3.8) is 0 Å². The minimum atomic E-state index is -0.185. The lowest BCUT2D eigenvalue weighted by Gasteiger charge is -2.43. The van der Waals surface area contributed by atoms with Crippen molar-refractivity contribution in [2.75, 3.05) is 13.1 Å². The number of hydrogen-bond donors (Lipinski definition) is 3. The monoisotopic (exact) mass is 370 g/mol. The van der Waals surface area contributed by atoms with Gasteiger partial charge in [-0.3, -0.25) is 9.48 Å². The van der Waals surface area contributed by atoms with E-state index in [1.807, 2.05) is 20.8 Å². The smallest absolute Gasteiger partial charge is 0.241 e. The number of rotatable bonds is 5. The first-order valence-corrected chi connectivity index (χ1v) is 9.14. The van der Waals surface area contributed by atoms with E-state index < -0.39 is 0 Å². The minimum Gasteiger partial charge on any atom is -0.393 e. The summed E-state index contributed by atoms with van der Waals surface area (Å²) in [6.07, 6.45) is 3.63. The zero-order valence-electron chi connectivity index (χ0n) is 15.4. The molecule has 0 spiro atoms. The van der Waals surface area contributed by atoms with Gasteiger partial charge in [0.15, 0.2) is 0 Å². The van der Waals surface area contributed by atoms with Gasteiger partial charge >= 0.3 is 0 Å². The SMILES string of the molecule is Cc1nn(CC(=O)NC(C2CCNCC2)C2CC(O)C2)c(C)c1C.Cl. The maximum atomic E-state index is 12.6. The highest BCUT2D eigenvalue weighted by Gasteiger charge is 2.39. The fourth-order valence-corrected chi connectivity index (χ4v) is 4.06. The lowest BCUT2D eigenvalue weighted by atomic mass is 9.71. The molecule has 0 aromatic carbocycles. The number of aryl methyl sites for hydroxylation is 1. The predicted molar refractivity (Wildman–Crippen MR) is 99.9 cm³/mol. The molecule has 1 aromatic heterocycles. The molecule has 0 bridgehead atoms. The fourth-order valence-electron chi connectivity index (χ4n) is 4.06. The van der Waals surface area contributed by atoms with Gasteiger partial charge in [0, 0.05) is 11.7 Å². The molecule has 1 aliphatic heterocycles. The van der Waals surface area contributed by atoms with Crippen LogP contribution in [0.1, 0.15) is 42.6 Å². The molecule has 1 saturated heterocycles. The molecule has 142 valence electrons. The summed E-state index contributed by atoms with van der Waals surface area (Å²) in [6.45, 7) is 8.34. The van der Waals surface area contributed by atoms with Gasteiger partial charge in [-0.1, -0.05) is 0 Å². The standard InChI is InChI=1S/C18H30N4O2.ClH/c1-11-12(2)21-22(13(11)3)10-17(24)20-18(15-8-16(23)9-15)14-4-6-19-7-5-14;/h14-16,18-19,23H,4-10H2,1-3H3,(H,20,24);1H. The van der Waals surface area contributed by atoms with Gasteiger partial charge in [0.1, 0.15) is 6.54 Å². The normalized spacial score (nSPS) is 25.0. The van der Waals surface area contributed by atoms with Gasteiger partial charge in [-0.15, -0.1) is 12.4 Å². The van der Waals surface area contributed by atoms with Crippen molar-refractivity contribution < 1.29 is 9.90 Å². The number of nitrogens with zero attached hydrogens (tertiary/aromatic N) is 2. The highest BCUT2D eigenvalue weighted by Crippen LogP contribution is 2.35. The van der Waals surface area contributed by atoms with E-state index in [9.17, 15) is 9.90 Å². The van der Waals surface area contributed by atoms with Crippen LogP contribution < -0.4 is 10.6 Å². The summed E-state index contributed by atoms with van der Waals surface area (Å²) in [5.41, 5.74) is 3.19. The van der Waals surface area contributed by atoms with Crippen LogP contribution in [0.4, 0.5) is 0 Å². The van der Waals surface area contributed by atoms with Crippen LogP contribution in [0.15, 0.2) is 0 Å². The summed E-state index contributed by atoms with van der Waals surface area (Å²) in [5.74, 6) is 0.953. The Balaban J connectivity index is 0.00000225. The highest BCUT2D eigenvalue weighted by molar-refractivity contribution is 5.85. The van der Waals surface area contributed by atoms with E-state index in [1.54, 1.807) is 4.68 Å². The molecule has 6 nitrogen and oxygen atoms in total. The molecule has 1 atom stereocenters. The summed E-state index contributed by atoms with van der Waals surface area (Å²) in [5, 5.41) is 20.8. The van der Waals surface area contributed by atoms with Crippen molar-refractivity contribution in [2.45, 2.75) is 65.1 Å². The van der Waals surface area contributed by atoms with Crippen molar-refractivity contribution >= 4 is 18.3 Å². The number of carbonyl (C=O) groups is 1. The maximum absolute atomic E-state index is 12.6. The molecule has 2 heterocycles. The number of nitrogens with one attached hydrogen (secondary N) is 2. The second-order valence-corrected chi connectivity index (χ2v) is 7.52. The maximum Gasteiger partial charge on any atom is 0.241 e. The van der Waals surface area contributed by atoms with Crippen LogP contribution in [-0.2, 0) is 11.3 Å². The Bertz CT molecular complexity index is 592. The van der Waals surface area contributed by atoms with E-state index in [4.69, 9.17) is 0 Å². The summed E-state index contributed by atoms with van der Waals surface area (Å²) in [7, 11) is 0. The van der Waals surface area contributed by atoms with Gasteiger partial charge in [-0.25, -0.2) is 0 Å². The van der Waals surface area contributed by atoms with Crippen LogP contribution in [-0.4, -0.2) is 46.0 Å². The van der Waals surface area contributed by atoms with Crippen molar-refractivity contribution in [3.05, 3.63) is 17.0 Å². The Hall–Kier alpha value is -1.11. The first-order chi connectivity index (χ1) is 11.5. The Morgan fingerprint density at radius 2 is 1.92 bits per heavy atom. The first-order valence-electron chi connectivity index (χ1n) is 9.14. The molecule has 3 rings (SSSR count). The van der Waals surface area contributed by atoms with Crippen LogP contribution >= 0.6 is 12.4 Å². The highest BCUT2D eigenvalue weighted by atomic mass is 35.5. The molecule has 7 heteroatoms. The largest absolute Gasteiger partial charge is 0.393 e. The first kappa shape index (κ1) is 20.2. The van der Waals surface area contributed by atoms with Crippen LogP contribution in [0.2, 0.25) is 0 Å². The zero-order valence-corrected chi connectivity index (χ0v) is 16.2. The predicted octanol–water partition coefficient (Wildman–Crippen LogP) is 1.49. The van der Waals surface area contributed by atoms with Gasteiger partial charge < -0.3 is 15.7 Å². The molecule has 1 saturated carbocycles. The molecular weight excluding hydrogens is 340 g/mol. The van der Waals surface area contributed by atoms with Crippen LogP contribution in [0.5, 0.6) is 0 Å². The third-order valence-corrected chi connectivity index (χ3v) is 5.91. The van der Waals surface area contributed by atoms with E-state index in [-0.39, 0.29) is 37.0 Å². The van der Waals surface area contributed by atoms with Crippen molar-refractivity contribution in [1.29, 1.82) is 0 Å². The minimum absolute atomic E-state index is 0. The van der Waals surface area contributed by atoms with E-state index in [1.165, 1.54) is 0 Å². The van der Waals surface area contributed by atoms with Crippen molar-refractivity contribution in [2.24, 2.45) is 11.8 Å². The third-order valence-electron chi connectivity index (χ3n) is 5.91. The molecule has 25 heavy (non-hydrogen) atoms. The van der Waals surface area contributed by atoms with E-state index in [0.29, 0.717) is 11.8 Å². The van der Waals surface area contributed by atoms with E-state index in [2.05, 4.69) is 15.7 Å². The number of aliphatic hydroxyl groups is 1. The molecular formula is C18H31ClN4O2. The molecule has 3 N–H and O–H groups in total. The molecule has 1 amide bonds. The van der Waals surface area contributed by atoms with Crippen LogP contribution in [0.25, 0.3) is 0 Å². The Labute approximate surface area is 156 Å². The fraction of sp³-hybridized carbons (Fsp3) is 0.778. The molecule has 1 unspecified atom stereocenters. The number of carbonyl (C=O) groups excluding carboxylic acids is 1. The average molecular weight is 371 g/mol. The number of halogens is 1.